The summed E-state index contributed by atoms with van der Waals surface area (Å²) in [5.41, 5.74) is 14.6. The van der Waals surface area contributed by atoms with Crippen LogP contribution in [0.3, 0.4) is 0 Å². The standard InChI is InChI=1S/C21H29ClN6O/c22-17-10-26-19(21(24)5-3-15(23)4-6-21)8-16(17)18-11-25-12-20(28-18)27-9-14-2-1-7-29-13-14/h8,10-12,14-15H,1-7,9,13,23-24H2,(H,27,28). The highest BCUT2D eigenvalue weighted by atomic mass is 35.5. The van der Waals surface area contributed by atoms with Crippen molar-refractivity contribution in [1.82, 2.24) is 15.0 Å². The average Bonchev–Trinajstić information content (AvgIpc) is 2.76. The monoisotopic (exact) mass is 416 g/mol. The Morgan fingerprint density at radius 1 is 1.21 bits per heavy atom. The molecule has 1 unspecified atom stereocenters. The minimum absolute atomic E-state index is 0.224. The van der Waals surface area contributed by atoms with E-state index in [0.29, 0.717) is 16.6 Å². The molecule has 1 aliphatic carbocycles. The first-order valence-corrected chi connectivity index (χ1v) is 10.8. The molecular formula is C21H29ClN6O. The number of anilines is 1. The summed E-state index contributed by atoms with van der Waals surface area (Å²) >= 11 is 6.46. The van der Waals surface area contributed by atoms with Crippen LogP contribution in [0.15, 0.2) is 24.7 Å². The van der Waals surface area contributed by atoms with Crippen molar-refractivity contribution in [2.75, 3.05) is 25.1 Å². The van der Waals surface area contributed by atoms with E-state index < -0.39 is 5.54 Å². The fraction of sp³-hybridized carbons (Fsp3) is 0.571. The van der Waals surface area contributed by atoms with Gasteiger partial charge in [0.05, 0.1) is 40.9 Å². The number of aromatic nitrogens is 3. The molecule has 4 rings (SSSR count). The number of halogens is 1. The molecule has 2 aliphatic rings. The molecule has 2 fully saturated rings. The van der Waals surface area contributed by atoms with Gasteiger partial charge in [0.25, 0.3) is 0 Å². The first kappa shape index (κ1) is 20.5. The number of nitrogens with two attached hydrogens (primary N) is 2. The smallest absolute Gasteiger partial charge is 0.145 e. The lowest BCUT2D eigenvalue weighted by Crippen LogP contribution is -2.44. The summed E-state index contributed by atoms with van der Waals surface area (Å²) in [6, 6.07) is 2.18. The minimum Gasteiger partial charge on any atom is -0.381 e. The summed E-state index contributed by atoms with van der Waals surface area (Å²) in [7, 11) is 0. The van der Waals surface area contributed by atoms with Crippen LogP contribution in [0.25, 0.3) is 11.3 Å². The van der Waals surface area contributed by atoms with Gasteiger partial charge in [0.2, 0.25) is 0 Å². The van der Waals surface area contributed by atoms with Crippen LogP contribution in [-0.2, 0) is 10.3 Å². The van der Waals surface area contributed by atoms with E-state index in [-0.39, 0.29) is 6.04 Å². The van der Waals surface area contributed by atoms with E-state index in [1.165, 1.54) is 6.42 Å². The first-order valence-electron chi connectivity index (χ1n) is 10.4. The molecule has 0 spiro atoms. The number of hydrogen-bond acceptors (Lipinski definition) is 7. The normalized spacial score (nSPS) is 27.6. The molecule has 1 saturated carbocycles. The van der Waals surface area contributed by atoms with Crippen molar-refractivity contribution < 1.29 is 4.74 Å². The largest absolute Gasteiger partial charge is 0.381 e. The number of pyridine rings is 1. The SMILES string of the molecule is NC1CCC(N)(c2cc(-c3cncc(NCC4CCCOC4)n3)c(Cl)cn2)CC1. The van der Waals surface area contributed by atoms with Crippen molar-refractivity contribution in [1.29, 1.82) is 0 Å². The van der Waals surface area contributed by atoms with Crippen molar-refractivity contribution in [2.45, 2.75) is 50.1 Å². The van der Waals surface area contributed by atoms with Gasteiger partial charge in [0, 0.05) is 31.0 Å². The van der Waals surface area contributed by atoms with Crippen LogP contribution in [0, 0.1) is 5.92 Å². The Morgan fingerprint density at radius 3 is 2.79 bits per heavy atom. The highest BCUT2D eigenvalue weighted by Crippen LogP contribution is 2.36. The molecular weight excluding hydrogens is 388 g/mol. The number of hydrogen-bond donors (Lipinski definition) is 3. The predicted octanol–water partition coefficient (Wildman–Crippen LogP) is 3.09. The van der Waals surface area contributed by atoms with Crippen molar-refractivity contribution in [3.63, 3.8) is 0 Å². The zero-order valence-corrected chi connectivity index (χ0v) is 17.4. The third kappa shape index (κ3) is 4.86. The zero-order chi connectivity index (χ0) is 20.3. The maximum atomic E-state index is 6.68. The van der Waals surface area contributed by atoms with Gasteiger partial charge in [-0.25, -0.2) is 4.98 Å². The molecule has 8 heteroatoms. The van der Waals surface area contributed by atoms with E-state index in [0.717, 1.165) is 68.9 Å². The molecule has 156 valence electrons. The van der Waals surface area contributed by atoms with Gasteiger partial charge in [0.15, 0.2) is 0 Å². The maximum absolute atomic E-state index is 6.68. The Morgan fingerprint density at radius 2 is 2.03 bits per heavy atom. The molecule has 1 saturated heterocycles. The molecule has 2 aromatic rings. The highest BCUT2D eigenvalue weighted by Gasteiger charge is 2.34. The molecule has 0 bridgehead atoms. The van der Waals surface area contributed by atoms with E-state index in [1.807, 2.05) is 6.07 Å². The summed E-state index contributed by atoms with van der Waals surface area (Å²) in [6.45, 7) is 2.48. The second-order valence-electron chi connectivity index (χ2n) is 8.30. The summed E-state index contributed by atoms with van der Waals surface area (Å²) in [5, 5.41) is 3.92. The molecule has 5 N–H and O–H groups in total. The lowest BCUT2D eigenvalue weighted by atomic mass is 9.78. The average molecular weight is 417 g/mol. The molecule has 0 amide bonds. The summed E-state index contributed by atoms with van der Waals surface area (Å²) in [6.07, 6.45) is 10.8. The van der Waals surface area contributed by atoms with Gasteiger partial charge in [-0.05, 0) is 50.5 Å². The van der Waals surface area contributed by atoms with E-state index >= 15 is 0 Å². The zero-order valence-electron chi connectivity index (χ0n) is 16.6. The second-order valence-corrected chi connectivity index (χ2v) is 8.70. The van der Waals surface area contributed by atoms with Crippen LogP contribution >= 0.6 is 11.6 Å². The van der Waals surface area contributed by atoms with Crippen LogP contribution in [-0.4, -0.2) is 40.8 Å². The van der Waals surface area contributed by atoms with Gasteiger partial charge in [-0.1, -0.05) is 11.6 Å². The van der Waals surface area contributed by atoms with Crippen molar-refractivity contribution in [3.05, 3.63) is 35.4 Å². The Kier molecular flexibility index (Phi) is 6.29. The summed E-state index contributed by atoms with van der Waals surface area (Å²) in [4.78, 5) is 13.6. The quantitative estimate of drug-likeness (QED) is 0.686. The van der Waals surface area contributed by atoms with E-state index in [4.69, 9.17) is 32.8 Å². The van der Waals surface area contributed by atoms with Gasteiger partial charge in [0.1, 0.15) is 5.82 Å². The fourth-order valence-corrected chi connectivity index (χ4v) is 4.32. The maximum Gasteiger partial charge on any atom is 0.145 e. The van der Waals surface area contributed by atoms with E-state index in [2.05, 4.69) is 15.3 Å². The Hall–Kier alpha value is -1.80. The highest BCUT2D eigenvalue weighted by molar-refractivity contribution is 6.33. The van der Waals surface area contributed by atoms with Crippen LogP contribution < -0.4 is 16.8 Å². The molecule has 3 heterocycles. The Labute approximate surface area is 176 Å². The number of nitrogens with zero attached hydrogens (tertiary/aromatic N) is 3. The molecule has 0 radical (unpaired) electrons. The topological polar surface area (TPSA) is 112 Å². The Bertz CT molecular complexity index is 834. The van der Waals surface area contributed by atoms with Crippen LogP contribution in [0.2, 0.25) is 5.02 Å². The predicted molar refractivity (Wildman–Crippen MR) is 115 cm³/mol. The number of ether oxygens (including phenoxy) is 1. The van der Waals surface area contributed by atoms with Gasteiger partial charge < -0.3 is 21.5 Å². The molecule has 2 aromatic heterocycles. The minimum atomic E-state index is -0.473. The molecule has 1 atom stereocenters. The summed E-state index contributed by atoms with van der Waals surface area (Å²) in [5.74, 6) is 1.23. The second kappa shape index (κ2) is 8.92. The van der Waals surface area contributed by atoms with Crippen LogP contribution in [0.1, 0.15) is 44.2 Å². The third-order valence-corrected chi connectivity index (χ3v) is 6.33. The molecule has 29 heavy (non-hydrogen) atoms. The first-order chi connectivity index (χ1) is 14.0. The van der Waals surface area contributed by atoms with Gasteiger partial charge in [-0.3, -0.25) is 9.97 Å². The number of rotatable bonds is 5. The van der Waals surface area contributed by atoms with Gasteiger partial charge in [-0.2, -0.15) is 0 Å². The van der Waals surface area contributed by atoms with Gasteiger partial charge in [-0.15, -0.1) is 0 Å². The molecule has 0 aromatic carbocycles. The van der Waals surface area contributed by atoms with Crippen LogP contribution in [0.4, 0.5) is 5.82 Å². The van der Waals surface area contributed by atoms with E-state index in [9.17, 15) is 0 Å². The fourth-order valence-electron chi connectivity index (χ4n) is 4.12. The van der Waals surface area contributed by atoms with Crippen LogP contribution in [0.5, 0.6) is 0 Å². The number of nitrogens with one attached hydrogen (secondary N) is 1. The molecule has 7 nitrogen and oxygen atoms in total. The Balaban J connectivity index is 1.53. The summed E-state index contributed by atoms with van der Waals surface area (Å²) < 4.78 is 5.55. The molecule has 1 aliphatic heterocycles. The van der Waals surface area contributed by atoms with E-state index in [1.54, 1.807) is 18.6 Å². The van der Waals surface area contributed by atoms with Crippen molar-refractivity contribution >= 4 is 17.4 Å². The third-order valence-electron chi connectivity index (χ3n) is 6.02. The lowest BCUT2D eigenvalue weighted by molar-refractivity contribution is 0.0595. The lowest BCUT2D eigenvalue weighted by Gasteiger charge is -2.35. The van der Waals surface area contributed by atoms with Gasteiger partial charge >= 0.3 is 0 Å². The van der Waals surface area contributed by atoms with Crippen molar-refractivity contribution in [2.24, 2.45) is 17.4 Å². The van der Waals surface area contributed by atoms with Crippen molar-refractivity contribution in [3.8, 4) is 11.3 Å².